The molecule has 1 N–H and O–H groups in total. The van der Waals surface area contributed by atoms with Crippen molar-refractivity contribution < 1.29 is 5.11 Å². The molecule has 0 saturated carbocycles. The summed E-state index contributed by atoms with van der Waals surface area (Å²) in [6.07, 6.45) is 0.586. The molecule has 0 aliphatic rings. The Kier molecular flexibility index (Phi) is 3.65. The molecular weight excluding hydrogens is 192 g/mol. The van der Waals surface area contributed by atoms with E-state index in [9.17, 15) is 0 Å². The lowest BCUT2D eigenvalue weighted by Gasteiger charge is -2.31. The summed E-state index contributed by atoms with van der Waals surface area (Å²) in [4.78, 5) is 0. The third-order valence-electron chi connectivity index (χ3n) is 1.03. The lowest BCUT2D eigenvalue weighted by atomic mass is 10.3. The largest absolute Gasteiger partial charge is 0.369 e. The quantitative estimate of drug-likeness (QED) is 0.339. The van der Waals surface area contributed by atoms with Crippen LogP contribution in [0.4, 0.5) is 0 Å². The lowest BCUT2D eigenvalue weighted by Crippen LogP contribution is -2.35. The number of hydrogen-bond acceptors (Lipinski definition) is 5. The van der Waals surface area contributed by atoms with Gasteiger partial charge in [-0.2, -0.15) is 25.3 Å². The van der Waals surface area contributed by atoms with Crippen molar-refractivity contribution in [1.29, 1.82) is 0 Å². The van der Waals surface area contributed by atoms with Crippen molar-refractivity contribution in [3.63, 3.8) is 0 Å². The summed E-state index contributed by atoms with van der Waals surface area (Å²) in [6, 6.07) is 0. The van der Waals surface area contributed by atoms with E-state index in [1.54, 1.807) is 0 Å². The molecule has 0 unspecified atom stereocenters. The molecule has 9 heavy (non-hydrogen) atoms. The molecule has 0 rings (SSSR count). The molecule has 0 aliphatic carbocycles. The second-order valence-corrected chi connectivity index (χ2v) is 5.33. The molecule has 0 amide bonds. The number of rotatable bonds is 2. The molecular formula is C4H10OS4. The van der Waals surface area contributed by atoms with Gasteiger partial charge in [-0.05, 0) is 6.42 Å². The smallest absolute Gasteiger partial charge is 0.175 e. The Hall–Kier alpha value is 1.36. The fraction of sp³-hybridized carbons (Fsp3) is 1.00. The minimum absolute atomic E-state index is 0.586. The van der Waals surface area contributed by atoms with Crippen molar-refractivity contribution in [1.82, 2.24) is 0 Å². The van der Waals surface area contributed by atoms with E-state index < -0.39 is 8.34 Å². The van der Waals surface area contributed by atoms with E-state index in [4.69, 9.17) is 5.11 Å². The average Bonchev–Trinajstić information content (AvgIpc) is 1.64. The maximum atomic E-state index is 9.12. The molecule has 0 atom stereocenters. The van der Waals surface area contributed by atoms with E-state index >= 15 is 0 Å². The Balaban J connectivity index is 4.14. The van der Waals surface area contributed by atoms with Gasteiger partial charge in [0.05, 0.1) is 0 Å². The highest BCUT2D eigenvalue weighted by Gasteiger charge is 2.37. The number of aliphatic hydroxyl groups is 1. The Labute approximate surface area is 77.2 Å². The highest BCUT2D eigenvalue weighted by molar-refractivity contribution is 8.07. The second kappa shape index (κ2) is 3.17. The first-order valence-electron chi connectivity index (χ1n) is 2.43. The van der Waals surface area contributed by atoms with E-state index in [0.717, 1.165) is 0 Å². The number of thiol groups is 4. The van der Waals surface area contributed by atoms with Crippen molar-refractivity contribution in [3.05, 3.63) is 0 Å². The highest BCUT2D eigenvalue weighted by Crippen LogP contribution is 2.41. The monoisotopic (exact) mass is 202 g/mol. The summed E-state index contributed by atoms with van der Waals surface area (Å²) in [5.41, 5.74) is 0. The van der Waals surface area contributed by atoms with Gasteiger partial charge in [0, 0.05) is 0 Å². The third-order valence-corrected chi connectivity index (χ3v) is 3.78. The van der Waals surface area contributed by atoms with Crippen LogP contribution in [0.1, 0.15) is 13.3 Å². The fourth-order valence-corrected chi connectivity index (χ4v) is 0.553. The van der Waals surface area contributed by atoms with E-state index in [0.29, 0.717) is 6.42 Å². The standard InChI is InChI=1S/C4H10OS4/c1-2-3(6,7)4(5,8)9/h5-9H,2H2,1H3. The highest BCUT2D eigenvalue weighted by atomic mass is 32.2. The lowest BCUT2D eigenvalue weighted by molar-refractivity contribution is 0.219. The van der Waals surface area contributed by atoms with Gasteiger partial charge in [0.1, 0.15) is 4.08 Å². The van der Waals surface area contributed by atoms with Crippen LogP contribution in [-0.4, -0.2) is 13.5 Å². The van der Waals surface area contributed by atoms with Crippen LogP contribution in [0.25, 0.3) is 0 Å². The Morgan fingerprint density at radius 2 is 1.56 bits per heavy atom. The molecule has 5 heteroatoms. The Morgan fingerprint density at radius 3 is 1.56 bits per heavy atom. The van der Waals surface area contributed by atoms with Gasteiger partial charge in [0.25, 0.3) is 0 Å². The van der Waals surface area contributed by atoms with Gasteiger partial charge < -0.3 is 5.11 Å². The number of hydrogen-bond donors (Lipinski definition) is 5. The van der Waals surface area contributed by atoms with Crippen molar-refractivity contribution in [2.75, 3.05) is 0 Å². The van der Waals surface area contributed by atoms with Crippen LogP contribution in [0.2, 0.25) is 0 Å². The van der Waals surface area contributed by atoms with Gasteiger partial charge in [0.15, 0.2) is 4.27 Å². The molecule has 0 aliphatic heterocycles. The molecule has 0 aromatic heterocycles. The first-order chi connectivity index (χ1) is 3.81. The first kappa shape index (κ1) is 10.4. The zero-order valence-corrected chi connectivity index (χ0v) is 8.52. The van der Waals surface area contributed by atoms with Gasteiger partial charge in [-0.1, -0.05) is 6.92 Å². The summed E-state index contributed by atoms with van der Waals surface area (Å²) < 4.78 is -2.28. The molecule has 0 heterocycles. The molecule has 0 aromatic rings. The fourth-order valence-electron chi connectivity index (χ4n) is 0.237. The molecule has 0 saturated heterocycles. The van der Waals surface area contributed by atoms with Crippen LogP contribution < -0.4 is 0 Å². The topological polar surface area (TPSA) is 20.2 Å². The van der Waals surface area contributed by atoms with Crippen molar-refractivity contribution in [2.45, 2.75) is 21.7 Å². The predicted molar refractivity (Wildman–Crippen MR) is 53.9 cm³/mol. The molecule has 0 bridgehead atoms. The van der Waals surface area contributed by atoms with E-state index in [-0.39, 0.29) is 0 Å². The van der Waals surface area contributed by atoms with Gasteiger partial charge in [-0.25, -0.2) is 0 Å². The zero-order valence-electron chi connectivity index (χ0n) is 4.94. The average molecular weight is 202 g/mol. The van der Waals surface area contributed by atoms with E-state index in [1.165, 1.54) is 0 Å². The third kappa shape index (κ3) is 2.84. The zero-order chi connectivity index (χ0) is 7.71. The molecule has 1 nitrogen and oxygen atoms in total. The maximum absolute atomic E-state index is 9.12. The maximum Gasteiger partial charge on any atom is 0.175 e. The van der Waals surface area contributed by atoms with Crippen LogP contribution >= 0.6 is 50.5 Å². The summed E-state index contributed by atoms with van der Waals surface area (Å²) in [6.45, 7) is 1.84. The predicted octanol–water partition coefficient (Wildman–Crippen LogP) is 1.46. The Bertz CT molecular complexity index is 95.2. The second-order valence-electron chi connectivity index (χ2n) is 1.81. The normalized spacial score (nSPS) is 14.0. The van der Waals surface area contributed by atoms with Crippen LogP contribution in [-0.2, 0) is 0 Å². The summed E-state index contributed by atoms with van der Waals surface area (Å²) >= 11 is 15.6. The van der Waals surface area contributed by atoms with Gasteiger partial charge in [-0.15, -0.1) is 25.3 Å². The SMILES string of the molecule is CCC(S)(S)C(O)(S)S. The minimum Gasteiger partial charge on any atom is -0.369 e. The molecule has 0 spiro atoms. The molecule has 0 fully saturated rings. The summed E-state index contributed by atoms with van der Waals surface area (Å²) in [5.74, 6) is 0. The summed E-state index contributed by atoms with van der Waals surface area (Å²) in [7, 11) is 0. The molecule has 0 radical (unpaired) electrons. The van der Waals surface area contributed by atoms with Crippen molar-refractivity contribution in [3.8, 4) is 0 Å². The van der Waals surface area contributed by atoms with Crippen molar-refractivity contribution >= 4 is 50.5 Å². The molecule has 0 aromatic carbocycles. The van der Waals surface area contributed by atoms with Gasteiger partial charge >= 0.3 is 0 Å². The van der Waals surface area contributed by atoms with Gasteiger partial charge in [0.2, 0.25) is 0 Å². The van der Waals surface area contributed by atoms with Crippen LogP contribution in [0.5, 0.6) is 0 Å². The van der Waals surface area contributed by atoms with Crippen molar-refractivity contribution in [2.24, 2.45) is 0 Å². The Morgan fingerprint density at radius 1 is 1.22 bits per heavy atom. The molecule has 56 valence electrons. The summed E-state index contributed by atoms with van der Waals surface area (Å²) in [5, 5.41) is 9.12. The van der Waals surface area contributed by atoms with Crippen LogP contribution in [0, 0.1) is 0 Å². The van der Waals surface area contributed by atoms with Crippen LogP contribution in [0.15, 0.2) is 0 Å². The van der Waals surface area contributed by atoms with Gasteiger partial charge in [-0.3, -0.25) is 0 Å². The van der Waals surface area contributed by atoms with E-state index in [1.807, 2.05) is 6.92 Å². The van der Waals surface area contributed by atoms with E-state index in [2.05, 4.69) is 50.5 Å². The first-order valence-corrected chi connectivity index (χ1v) is 4.22. The van der Waals surface area contributed by atoms with Crippen LogP contribution in [0.3, 0.4) is 0 Å². The minimum atomic E-state index is -1.44.